The minimum atomic E-state index is -1.00. The van der Waals surface area contributed by atoms with Gasteiger partial charge in [-0.25, -0.2) is 0 Å². The minimum absolute atomic E-state index is 0.743. The van der Waals surface area contributed by atoms with Crippen LogP contribution in [0, 0.1) is 0 Å². The van der Waals surface area contributed by atoms with Crippen molar-refractivity contribution in [3.8, 4) is 0 Å². The maximum absolute atomic E-state index is 3.84. The average Bonchev–Trinajstić information content (AvgIpc) is 1.86. The molecule has 1 unspecified atom stereocenters. The predicted molar refractivity (Wildman–Crippen MR) is 52.2 cm³/mol. The maximum atomic E-state index is 3.84. The average molecular weight is 156 g/mol. The van der Waals surface area contributed by atoms with Crippen molar-refractivity contribution in [2.45, 2.75) is 44.9 Å². The Hall–Kier alpha value is -0.0431. The Labute approximate surface area is 66.4 Å². The van der Waals surface area contributed by atoms with E-state index in [0.717, 1.165) is 11.1 Å². The monoisotopic (exact) mass is 156 g/mol. The first-order valence-electron chi connectivity index (χ1n) is 4.05. The molecule has 1 heteroatoms. The zero-order valence-corrected chi connectivity index (χ0v) is 8.94. The van der Waals surface area contributed by atoms with Crippen LogP contribution in [0.3, 0.4) is 0 Å². The van der Waals surface area contributed by atoms with E-state index in [4.69, 9.17) is 0 Å². The largest absolute Gasteiger partial charge is 0.103 e. The van der Waals surface area contributed by atoms with Crippen LogP contribution in [0.1, 0.15) is 20.8 Å². The SMILES string of the molecule is C=CC(C)[Si](C)(C)C(C)C. The first kappa shape index (κ1) is 9.96. The first-order chi connectivity index (χ1) is 4.42. The second kappa shape index (κ2) is 3.38. The van der Waals surface area contributed by atoms with Crippen LogP contribution in [0.15, 0.2) is 12.7 Å². The van der Waals surface area contributed by atoms with E-state index in [0.29, 0.717) is 0 Å². The highest BCUT2D eigenvalue weighted by molar-refractivity contribution is 6.80. The van der Waals surface area contributed by atoms with Crippen molar-refractivity contribution in [2.24, 2.45) is 0 Å². The molecule has 0 aliphatic heterocycles. The number of hydrogen-bond acceptors (Lipinski definition) is 0. The normalized spacial score (nSPS) is 15.4. The third kappa shape index (κ3) is 1.98. The zero-order valence-electron chi connectivity index (χ0n) is 7.94. The molecular weight excluding hydrogens is 136 g/mol. The van der Waals surface area contributed by atoms with Gasteiger partial charge in [0.1, 0.15) is 0 Å². The summed E-state index contributed by atoms with van der Waals surface area (Å²) in [6.07, 6.45) is 2.10. The van der Waals surface area contributed by atoms with Gasteiger partial charge >= 0.3 is 0 Å². The van der Waals surface area contributed by atoms with Crippen LogP contribution in [-0.2, 0) is 0 Å². The fraction of sp³-hybridized carbons (Fsp3) is 0.778. The molecule has 0 heterocycles. The molecule has 0 aromatic heterocycles. The molecule has 60 valence electrons. The number of allylic oxidation sites excluding steroid dienone is 1. The van der Waals surface area contributed by atoms with Crippen molar-refractivity contribution >= 4 is 8.07 Å². The predicted octanol–water partition coefficient (Wildman–Crippen LogP) is 3.68. The Morgan fingerprint density at radius 2 is 1.60 bits per heavy atom. The third-order valence-electron chi connectivity index (χ3n) is 3.02. The summed E-state index contributed by atoms with van der Waals surface area (Å²) in [7, 11) is -1.00. The molecule has 0 aromatic rings. The number of hydrogen-bond donors (Lipinski definition) is 0. The highest BCUT2D eigenvalue weighted by atomic mass is 28.3. The van der Waals surface area contributed by atoms with Gasteiger partial charge < -0.3 is 0 Å². The topological polar surface area (TPSA) is 0 Å². The Bertz CT molecular complexity index is 114. The van der Waals surface area contributed by atoms with E-state index >= 15 is 0 Å². The van der Waals surface area contributed by atoms with Crippen molar-refractivity contribution in [1.29, 1.82) is 0 Å². The van der Waals surface area contributed by atoms with E-state index < -0.39 is 8.07 Å². The highest BCUT2D eigenvalue weighted by Crippen LogP contribution is 2.32. The van der Waals surface area contributed by atoms with Crippen LogP contribution in [-0.4, -0.2) is 8.07 Å². The van der Waals surface area contributed by atoms with Gasteiger partial charge in [-0.1, -0.05) is 45.5 Å². The highest BCUT2D eigenvalue weighted by Gasteiger charge is 2.29. The van der Waals surface area contributed by atoms with Crippen molar-refractivity contribution < 1.29 is 0 Å². The fourth-order valence-corrected chi connectivity index (χ4v) is 2.49. The lowest BCUT2D eigenvalue weighted by molar-refractivity contribution is 0.950. The van der Waals surface area contributed by atoms with Gasteiger partial charge in [0, 0.05) is 0 Å². The van der Waals surface area contributed by atoms with Gasteiger partial charge in [-0.3, -0.25) is 0 Å². The molecule has 0 N–H and O–H groups in total. The summed E-state index contributed by atoms with van der Waals surface area (Å²) in [4.78, 5) is 0. The molecule has 0 amide bonds. The first-order valence-corrected chi connectivity index (χ1v) is 7.21. The quantitative estimate of drug-likeness (QED) is 0.432. The smallest absolute Gasteiger partial charge is 0.0565 e. The van der Waals surface area contributed by atoms with Crippen LogP contribution >= 0.6 is 0 Å². The molecule has 0 radical (unpaired) electrons. The molecule has 0 aliphatic rings. The molecule has 0 spiro atoms. The number of rotatable bonds is 3. The van der Waals surface area contributed by atoms with E-state index in [1.807, 2.05) is 0 Å². The minimum Gasteiger partial charge on any atom is -0.103 e. The van der Waals surface area contributed by atoms with Gasteiger partial charge in [-0.05, 0) is 5.54 Å². The van der Waals surface area contributed by atoms with Gasteiger partial charge in [0.05, 0.1) is 8.07 Å². The summed E-state index contributed by atoms with van der Waals surface area (Å²) in [5.41, 5.74) is 1.60. The van der Waals surface area contributed by atoms with Gasteiger partial charge in [-0.2, -0.15) is 0 Å². The van der Waals surface area contributed by atoms with Crippen LogP contribution in [0.5, 0.6) is 0 Å². The third-order valence-corrected chi connectivity index (χ3v) is 8.57. The second-order valence-electron chi connectivity index (χ2n) is 4.00. The molecule has 0 fully saturated rings. The standard InChI is InChI=1S/C9H20Si/c1-7-9(4)10(5,6)8(2)3/h7-9H,1H2,2-6H3. The van der Waals surface area contributed by atoms with Gasteiger partial charge in [0.25, 0.3) is 0 Å². The lowest BCUT2D eigenvalue weighted by atomic mass is 10.5. The molecule has 0 saturated carbocycles. The zero-order chi connectivity index (χ0) is 8.36. The Kier molecular flexibility index (Phi) is 3.36. The lowest BCUT2D eigenvalue weighted by Crippen LogP contribution is -2.33. The second-order valence-corrected chi connectivity index (χ2v) is 9.71. The van der Waals surface area contributed by atoms with Gasteiger partial charge in [-0.15, -0.1) is 6.58 Å². The van der Waals surface area contributed by atoms with E-state index in [-0.39, 0.29) is 0 Å². The van der Waals surface area contributed by atoms with E-state index in [2.05, 4.69) is 46.5 Å². The van der Waals surface area contributed by atoms with Crippen molar-refractivity contribution in [3.63, 3.8) is 0 Å². The Morgan fingerprint density at radius 3 is 1.70 bits per heavy atom. The van der Waals surface area contributed by atoms with Crippen LogP contribution in [0.25, 0.3) is 0 Å². The molecular formula is C9H20Si. The Morgan fingerprint density at radius 1 is 1.20 bits per heavy atom. The van der Waals surface area contributed by atoms with Crippen LogP contribution in [0.4, 0.5) is 0 Å². The maximum Gasteiger partial charge on any atom is 0.0565 e. The summed E-state index contributed by atoms with van der Waals surface area (Å²) in [6.45, 7) is 15.7. The van der Waals surface area contributed by atoms with Crippen molar-refractivity contribution in [1.82, 2.24) is 0 Å². The van der Waals surface area contributed by atoms with E-state index in [1.165, 1.54) is 0 Å². The molecule has 10 heavy (non-hydrogen) atoms. The van der Waals surface area contributed by atoms with Crippen molar-refractivity contribution in [2.75, 3.05) is 0 Å². The molecule has 0 aliphatic carbocycles. The van der Waals surface area contributed by atoms with Gasteiger partial charge in [0.2, 0.25) is 0 Å². The summed E-state index contributed by atoms with van der Waals surface area (Å²) in [5.74, 6) is 0. The Balaban J connectivity index is 4.22. The van der Waals surface area contributed by atoms with Gasteiger partial charge in [0.15, 0.2) is 0 Å². The van der Waals surface area contributed by atoms with E-state index in [9.17, 15) is 0 Å². The molecule has 0 nitrogen and oxygen atoms in total. The molecule has 0 aromatic carbocycles. The van der Waals surface area contributed by atoms with E-state index in [1.54, 1.807) is 0 Å². The molecule has 0 bridgehead atoms. The summed E-state index contributed by atoms with van der Waals surface area (Å²) in [6, 6.07) is 0. The fourth-order valence-electron chi connectivity index (χ4n) is 0.830. The molecule has 1 atom stereocenters. The molecule has 0 rings (SSSR count). The van der Waals surface area contributed by atoms with Crippen molar-refractivity contribution in [3.05, 3.63) is 12.7 Å². The summed E-state index contributed by atoms with van der Waals surface area (Å²) >= 11 is 0. The summed E-state index contributed by atoms with van der Waals surface area (Å²) < 4.78 is 0. The van der Waals surface area contributed by atoms with Crippen LogP contribution in [0.2, 0.25) is 24.2 Å². The summed E-state index contributed by atoms with van der Waals surface area (Å²) in [5, 5.41) is 0. The molecule has 0 saturated heterocycles. The lowest BCUT2D eigenvalue weighted by Gasteiger charge is -2.31. The van der Waals surface area contributed by atoms with Crippen LogP contribution < -0.4 is 0 Å².